The van der Waals surface area contributed by atoms with Crippen LogP contribution in [0.1, 0.15) is 43.7 Å². The average Bonchev–Trinajstić information content (AvgIpc) is 3.13. The molecule has 1 fully saturated rings. The third-order valence-electron chi connectivity index (χ3n) is 5.61. The van der Waals surface area contributed by atoms with Crippen LogP contribution in [0.15, 0.2) is 54.6 Å². The normalized spacial score (nSPS) is 16.2. The second-order valence-electron chi connectivity index (χ2n) is 7.73. The van der Waals surface area contributed by atoms with Crippen molar-refractivity contribution in [3.63, 3.8) is 0 Å². The van der Waals surface area contributed by atoms with Crippen molar-refractivity contribution in [1.82, 2.24) is 0 Å². The molecule has 0 spiro atoms. The molecule has 0 N–H and O–H groups in total. The van der Waals surface area contributed by atoms with Crippen molar-refractivity contribution in [2.45, 2.75) is 46.0 Å². The summed E-state index contributed by atoms with van der Waals surface area (Å²) >= 11 is 0. The van der Waals surface area contributed by atoms with Crippen molar-refractivity contribution in [2.75, 3.05) is 0 Å². The first-order chi connectivity index (χ1) is 11.1. The van der Waals surface area contributed by atoms with Gasteiger partial charge in [0.15, 0.2) is 0 Å². The van der Waals surface area contributed by atoms with Crippen LogP contribution >= 0.6 is 0 Å². The Labute approximate surface area is 164 Å². The zero-order chi connectivity index (χ0) is 15.9. The average molecular weight is 393 g/mol. The molecule has 1 aliphatic carbocycles. The maximum absolute atomic E-state index is 2.47. The van der Waals surface area contributed by atoms with E-state index in [1.54, 1.807) is 0 Å². The summed E-state index contributed by atoms with van der Waals surface area (Å²) in [5.74, 6) is 0. The van der Waals surface area contributed by atoms with Gasteiger partial charge in [0.2, 0.25) is 0 Å². The second-order valence-corrected chi connectivity index (χ2v) is 7.73. The van der Waals surface area contributed by atoms with E-state index in [4.69, 9.17) is 0 Å². The molecule has 0 radical (unpaired) electrons. The molecule has 1 heteroatoms. The first kappa shape index (κ1) is 17.7. The molecule has 122 valence electrons. The fraction of sp³-hybridized carbons (Fsp3) is 0.348. The SMILES string of the molecule is Cc1ccc(-c2cccc3[cH-]c(CC4(C)CCCC4)cc23)cc1.[Zr]. The van der Waals surface area contributed by atoms with Gasteiger partial charge in [0.1, 0.15) is 0 Å². The van der Waals surface area contributed by atoms with Gasteiger partial charge in [0.05, 0.1) is 0 Å². The maximum atomic E-state index is 2.47. The predicted molar refractivity (Wildman–Crippen MR) is 100.0 cm³/mol. The molecule has 0 atom stereocenters. The van der Waals surface area contributed by atoms with Gasteiger partial charge in [-0.05, 0) is 37.2 Å². The van der Waals surface area contributed by atoms with Crippen LogP contribution in [0.5, 0.6) is 0 Å². The molecule has 3 aromatic rings. The molecule has 1 saturated carbocycles. The minimum Gasteiger partial charge on any atom is -0.164 e. The predicted octanol–water partition coefficient (Wildman–Crippen LogP) is 6.65. The van der Waals surface area contributed by atoms with E-state index in [1.165, 1.54) is 65.1 Å². The number of hydrogen-bond donors (Lipinski definition) is 0. The van der Waals surface area contributed by atoms with E-state index in [2.05, 4.69) is 68.4 Å². The quantitative estimate of drug-likeness (QED) is 0.437. The maximum Gasteiger partial charge on any atom is 0 e. The molecule has 0 heterocycles. The monoisotopic (exact) mass is 391 g/mol. The molecular formula is C23H25Zr-. The van der Waals surface area contributed by atoms with E-state index in [1.807, 2.05) is 0 Å². The second kappa shape index (κ2) is 7.05. The molecule has 0 aliphatic heterocycles. The van der Waals surface area contributed by atoms with E-state index in [0.29, 0.717) is 5.41 Å². The van der Waals surface area contributed by atoms with Crippen LogP contribution in [0, 0.1) is 12.3 Å². The van der Waals surface area contributed by atoms with Gasteiger partial charge < -0.3 is 0 Å². The van der Waals surface area contributed by atoms with Crippen LogP contribution in [-0.4, -0.2) is 0 Å². The summed E-state index contributed by atoms with van der Waals surface area (Å²) in [4.78, 5) is 0. The Morgan fingerprint density at radius 1 is 1.00 bits per heavy atom. The molecule has 0 amide bonds. The first-order valence-electron chi connectivity index (χ1n) is 8.88. The molecule has 0 nitrogen and oxygen atoms in total. The van der Waals surface area contributed by atoms with Crippen molar-refractivity contribution < 1.29 is 26.2 Å². The fourth-order valence-electron chi connectivity index (χ4n) is 4.28. The Hall–Kier alpha value is -1.07. The van der Waals surface area contributed by atoms with Gasteiger partial charge in [-0.2, -0.15) is 6.07 Å². The van der Waals surface area contributed by atoms with Gasteiger partial charge in [0.25, 0.3) is 0 Å². The molecule has 1 aliphatic rings. The van der Waals surface area contributed by atoms with Gasteiger partial charge in [-0.15, -0.1) is 34.5 Å². The third-order valence-corrected chi connectivity index (χ3v) is 5.61. The molecule has 24 heavy (non-hydrogen) atoms. The number of fused-ring (bicyclic) bond motifs is 1. The van der Waals surface area contributed by atoms with E-state index in [9.17, 15) is 0 Å². The Balaban J connectivity index is 0.00000169. The van der Waals surface area contributed by atoms with Gasteiger partial charge in [-0.1, -0.05) is 61.2 Å². The number of hydrogen-bond acceptors (Lipinski definition) is 0. The van der Waals surface area contributed by atoms with Gasteiger partial charge in [-0.25, -0.2) is 0 Å². The molecule has 0 unspecified atom stereocenters. The van der Waals surface area contributed by atoms with Crippen LogP contribution in [-0.2, 0) is 32.6 Å². The molecule has 4 rings (SSSR count). The van der Waals surface area contributed by atoms with Crippen LogP contribution in [0.25, 0.3) is 21.9 Å². The summed E-state index contributed by atoms with van der Waals surface area (Å²) in [5, 5.41) is 2.80. The van der Waals surface area contributed by atoms with Crippen molar-refractivity contribution in [1.29, 1.82) is 0 Å². The molecule has 0 bridgehead atoms. The van der Waals surface area contributed by atoms with Crippen LogP contribution < -0.4 is 0 Å². The molecule has 3 aromatic carbocycles. The standard InChI is InChI=1S/C23H25.Zr/c1-17-8-10-19(11-9-17)21-7-5-6-20-14-18(15-22(20)21)16-23(2)12-3-4-13-23;/h5-11,14-15H,3-4,12-13,16H2,1-2H3;/q-1;. The van der Waals surface area contributed by atoms with Crippen molar-refractivity contribution in [3.05, 3.63) is 65.7 Å². The van der Waals surface area contributed by atoms with E-state index >= 15 is 0 Å². The number of rotatable bonds is 3. The van der Waals surface area contributed by atoms with Crippen molar-refractivity contribution >= 4 is 10.8 Å². The number of aryl methyl sites for hydroxylation is 1. The summed E-state index contributed by atoms with van der Waals surface area (Å²) in [7, 11) is 0. The third kappa shape index (κ3) is 3.47. The van der Waals surface area contributed by atoms with Crippen molar-refractivity contribution in [3.8, 4) is 11.1 Å². The minimum atomic E-state index is 0. The van der Waals surface area contributed by atoms with Gasteiger partial charge >= 0.3 is 0 Å². The van der Waals surface area contributed by atoms with Crippen LogP contribution in [0.4, 0.5) is 0 Å². The Morgan fingerprint density at radius 3 is 2.42 bits per heavy atom. The Morgan fingerprint density at radius 2 is 1.71 bits per heavy atom. The molecule has 0 saturated heterocycles. The largest absolute Gasteiger partial charge is 0.164 e. The molecule has 0 aromatic heterocycles. The smallest absolute Gasteiger partial charge is 0 e. The molecular weight excluding hydrogens is 367 g/mol. The van der Waals surface area contributed by atoms with Crippen molar-refractivity contribution in [2.24, 2.45) is 5.41 Å². The summed E-state index contributed by atoms with van der Waals surface area (Å²) in [6, 6.07) is 20.5. The van der Waals surface area contributed by atoms with E-state index < -0.39 is 0 Å². The Bertz CT molecular complexity index is 817. The summed E-state index contributed by atoms with van der Waals surface area (Å²) in [5.41, 5.74) is 6.05. The fourth-order valence-corrected chi connectivity index (χ4v) is 4.28. The zero-order valence-corrected chi connectivity index (χ0v) is 17.2. The summed E-state index contributed by atoms with van der Waals surface area (Å²) in [6.07, 6.45) is 6.82. The summed E-state index contributed by atoms with van der Waals surface area (Å²) in [6.45, 7) is 4.62. The van der Waals surface area contributed by atoms with E-state index in [0.717, 1.165) is 0 Å². The van der Waals surface area contributed by atoms with Crippen LogP contribution in [0.3, 0.4) is 0 Å². The van der Waals surface area contributed by atoms with E-state index in [-0.39, 0.29) is 26.2 Å². The van der Waals surface area contributed by atoms with Gasteiger partial charge in [-0.3, -0.25) is 0 Å². The summed E-state index contributed by atoms with van der Waals surface area (Å²) < 4.78 is 0. The Kier molecular flexibility index (Phi) is 5.21. The first-order valence-corrected chi connectivity index (χ1v) is 8.88. The minimum absolute atomic E-state index is 0. The zero-order valence-electron chi connectivity index (χ0n) is 14.7. The van der Waals surface area contributed by atoms with Crippen LogP contribution in [0.2, 0.25) is 0 Å². The number of benzene rings is 2. The topological polar surface area (TPSA) is 0 Å². The van der Waals surface area contributed by atoms with Gasteiger partial charge in [0, 0.05) is 26.2 Å².